The van der Waals surface area contributed by atoms with Gasteiger partial charge < -0.3 is 9.73 Å². The maximum Gasteiger partial charge on any atom is 0.230 e. The molecule has 1 saturated carbocycles. The lowest BCUT2D eigenvalue weighted by atomic mass is 10.2. The molecule has 6 nitrogen and oxygen atoms in total. The topological polar surface area (TPSA) is 73.0 Å². The van der Waals surface area contributed by atoms with Crippen molar-refractivity contribution in [3.05, 3.63) is 77.3 Å². The third kappa shape index (κ3) is 4.96. The molecule has 1 amide bonds. The summed E-state index contributed by atoms with van der Waals surface area (Å²) in [5.74, 6) is 1.56. The van der Waals surface area contributed by atoms with E-state index in [0.717, 1.165) is 18.4 Å². The zero-order valence-corrected chi connectivity index (χ0v) is 19.1. The molecule has 1 aliphatic rings. The molecule has 33 heavy (non-hydrogen) atoms. The summed E-state index contributed by atoms with van der Waals surface area (Å²) in [5, 5.41) is 12.6. The lowest BCUT2D eigenvalue weighted by Crippen LogP contribution is -2.24. The smallest absolute Gasteiger partial charge is 0.230 e. The Morgan fingerprint density at radius 2 is 1.91 bits per heavy atom. The van der Waals surface area contributed by atoms with Crippen LogP contribution in [0.4, 0.5) is 4.39 Å². The van der Waals surface area contributed by atoms with Crippen LogP contribution < -0.4 is 5.32 Å². The molecule has 1 fully saturated rings. The third-order valence-electron chi connectivity index (χ3n) is 5.27. The summed E-state index contributed by atoms with van der Waals surface area (Å²) in [5.41, 5.74) is 1.33. The van der Waals surface area contributed by atoms with E-state index < -0.39 is 0 Å². The minimum Gasteiger partial charge on any atom is -0.459 e. The molecule has 0 atom stereocenters. The summed E-state index contributed by atoms with van der Waals surface area (Å²) in [6.45, 7) is 0.281. The number of carbonyl (C=O) groups excluding carboxylic acids is 1. The van der Waals surface area contributed by atoms with Gasteiger partial charge in [-0.25, -0.2) is 4.39 Å². The molecular formula is C24H20ClFN4O2S. The molecule has 4 aromatic rings. The largest absolute Gasteiger partial charge is 0.459 e. The van der Waals surface area contributed by atoms with Gasteiger partial charge in [0.05, 0.1) is 17.9 Å². The van der Waals surface area contributed by atoms with Gasteiger partial charge in [-0.2, -0.15) is 0 Å². The lowest BCUT2D eigenvalue weighted by Gasteiger charge is -2.09. The molecule has 168 valence electrons. The molecule has 1 N–H and O–H groups in total. The van der Waals surface area contributed by atoms with Crippen LogP contribution in [0.1, 0.15) is 24.6 Å². The second-order valence-corrected chi connectivity index (χ2v) is 9.10. The van der Waals surface area contributed by atoms with Crippen molar-refractivity contribution in [3.63, 3.8) is 0 Å². The number of hydrogen-bond donors (Lipinski definition) is 1. The van der Waals surface area contributed by atoms with Crippen molar-refractivity contribution in [1.82, 2.24) is 20.1 Å². The normalized spacial score (nSPS) is 13.3. The molecule has 1 aliphatic carbocycles. The zero-order valence-electron chi connectivity index (χ0n) is 17.5. The van der Waals surface area contributed by atoms with Gasteiger partial charge in [-0.15, -0.1) is 10.2 Å². The number of hydrogen-bond acceptors (Lipinski definition) is 5. The fourth-order valence-electron chi connectivity index (χ4n) is 3.47. The van der Waals surface area contributed by atoms with Crippen LogP contribution in [0.15, 0.2) is 70.2 Å². The van der Waals surface area contributed by atoms with Gasteiger partial charge in [0, 0.05) is 16.6 Å². The van der Waals surface area contributed by atoms with E-state index in [0.29, 0.717) is 33.1 Å². The molecule has 0 unspecified atom stereocenters. The van der Waals surface area contributed by atoms with Crippen LogP contribution in [0.5, 0.6) is 0 Å². The molecule has 0 bridgehead atoms. The Kier molecular flexibility index (Phi) is 6.20. The van der Waals surface area contributed by atoms with Gasteiger partial charge in [0.1, 0.15) is 17.3 Å². The average Bonchev–Trinajstić information content (AvgIpc) is 3.39. The Hall–Kier alpha value is -3.10. The second-order valence-electron chi connectivity index (χ2n) is 7.73. The number of carbonyl (C=O) groups is 1. The number of halogens is 2. The third-order valence-corrected chi connectivity index (χ3v) is 6.47. The zero-order chi connectivity index (χ0) is 22.8. The maximum absolute atomic E-state index is 14.3. The Morgan fingerprint density at radius 3 is 2.67 bits per heavy atom. The summed E-state index contributed by atoms with van der Waals surface area (Å²) in [4.78, 5) is 12.4. The van der Waals surface area contributed by atoms with Crippen LogP contribution in [-0.2, 0) is 11.3 Å². The molecule has 0 aliphatic heterocycles. The number of furan rings is 1. The van der Waals surface area contributed by atoms with Crippen molar-refractivity contribution in [1.29, 1.82) is 0 Å². The molecule has 2 heterocycles. The summed E-state index contributed by atoms with van der Waals surface area (Å²) in [6.07, 6.45) is 1.99. The Balaban J connectivity index is 1.20. The van der Waals surface area contributed by atoms with E-state index in [1.165, 1.54) is 17.8 Å². The molecule has 0 radical (unpaired) electrons. The highest BCUT2D eigenvalue weighted by atomic mass is 35.5. The van der Waals surface area contributed by atoms with Crippen LogP contribution in [-0.4, -0.2) is 26.4 Å². The van der Waals surface area contributed by atoms with Crippen LogP contribution in [0.2, 0.25) is 5.02 Å². The molecular weight excluding hydrogens is 463 g/mol. The minimum atomic E-state index is -0.336. The van der Waals surface area contributed by atoms with Crippen LogP contribution in [0, 0.1) is 5.82 Å². The van der Waals surface area contributed by atoms with Crippen molar-refractivity contribution >= 4 is 29.3 Å². The standard InChI is InChI=1S/C24H20ClFN4O2S/c25-16-7-5-15(6-8-16)21-12-11-18(32-21)13-27-22(31)14-33-24-29-28-23(30(24)17-9-10-17)19-3-1-2-4-20(19)26/h1-8,11-12,17H,9-10,13-14H2,(H,27,31). The predicted molar refractivity (Wildman–Crippen MR) is 125 cm³/mol. The van der Waals surface area contributed by atoms with Crippen LogP contribution >= 0.6 is 23.4 Å². The highest BCUT2D eigenvalue weighted by Gasteiger charge is 2.31. The van der Waals surface area contributed by atoms with Gasteiger partial charge in [-0.05, 0) is 61.4 Å². The number of thioether (sulfide) groups is 1. The SMILES string of the molecule is O=C(CSc1nnc(-c2ccccc2F)n1C1CC1)NCc1ccc(-c2ccc(Cl)cc2)o1. The number of nitrogens with zero attached hydrogens (tertiary/aromatic N) is 3. The summed E-state index contributed by atoms with van der Waals surface area (Å²) in [7, 11) is 0. The van der Waals surface area contributed by atoms with Crippen molar-refractivity contribution in [2.45, 2.75) is 30.6 Å². The molecule has 0 saturated heterocycles. The van der Waals surface area contributed by atoms with Gasteiger partial charge in [-0.1, -0.05) is 35.5 Å². The number of aromatic nitrogens is 3. The first-order chi connectivity index (χ1) is 16.1. The highest BCUT2D eigenvalue weighted by molar-refractivity contribution is 7.99. The number of rotatable bonds is 8. The average molecular weight is 483 g/mol. The molecule has 0 spiro atoms. The summed E-state index contributed by atoms with van der Waals surface area (Å²) >= 11 is 7.22. The fourth-order valence-corrected chi connectivity index (χ4v) is 4.43. The Bertz CT molecular complexity index is 1280. The summed E-state index contributed by atoms with van der Waals surface area (Å²) < 4.78 is 22.0. The van der Waals surface area contributed by atoms with E-state index in [1.807, 2.05) is 28.8 Å². The van der Waals surface area contributed by atoms with Crippen molar-refractivity contribution in [2.24, 2.45) is 0 Å². The molecule has 5 rings (SSSR count). The number of benzene rings is 2. The summed E-state index contributed by atoms with van der Waals surface area (Å²) in [6, 6.07) is 17.8. The Labute approximate surface area is 199 Å². The van der Waals surface area contributed by atoms with Gasteiger partial charge >= 0.3 is 0 Å². The molecule has 2 aromatic heterocycles. The first kappa shape index (κ1) is 21.7. The van der Waals surface area contributed by atoms with Gasteiger partial charge in [0.15, 0.2) is 11.0 Å². The van der Waals surface area contributed by atoms with E-state index in [-0.39, 0.29) is 30.1 Å². The molecule has 9 heteroatoms. The van der Waals surface area contributed by atoms with E-state index in [4.69, 9.17) is 16.0 Å². The number of amides is 1. The maximum atomic E-state index is 14.3. The second kappa shape index (κ2) is 9.41. The molecule has 2 aromatic carbocycles. The number of nitrogens with one attached hydrogen (secondary N) is 1. The quantitative estimate of drug-likeness (QED) is 0.324. The van der Waals surface area contributed by atoms with Crippen LogP contribution in [0.25, 0.3) is 22.7 Å². The van der Waals surface area contributed by atoms with E-state index in [2.05, 4.69) is 15.5 Å². The first-order valence-electron chi connectivity index (χ1n) is 10.5. The van der Waals surface area contributed by atoms with E-state index >= 15 is 0 Å². The minimum absolute atomic E-state index is 0.151. The van der Waals surface area contributed by atoms with E-state index in [1.54, 1.807) is 30.3 Å². The van der Waals surface area contributed by atoms with Gasteiger partial charge in [-0.3, -0.25) is 9.36 Å². The lowest BCUT2D eigenvalue weighted by molar-refractivity contribution is -0.118. The predicted octanol–water partition coefficient (Wildman–Crippen LogP) is 5.74. The van der Waals surface area contributed by atoms with Crippen molar-refractivity contribution < 1.29 is 13.6 Å². The van der Waals surface area contributed by atoms with E-state index in [9.17, 15) is 9.18 Å². The fraction of sp³-hybridized carbons (Fsp3) is 0.208. The van der Waals surface area contributed by atoms with Crippen molar-refractivity contribution in [2.75, 3.05) is 5.75 Å². The van der Waals surface area contributed by atoms with Gasteiger partial charge in [0.2, 0.25) is 5.91 Å². The van der Waals surface area contributed by atoms with Crippen LogP contribution in [0.3, 0.4) is 0 Å². The van der Waals surface area contributed by atoms with Gasteiger partial charge in [0.25, 0.3) is 0 Å². The monoisotopic (exact) mass is 482 g/mol. The van der Waals surface area contributed by atoms with Crippen molar-refractivity contribution in [3.8, 4) is 22.7 Å². The highest BCUT2D eigenvalue weighted by Crippen LogP contribution is 2.41. The first-order valence-corrected chi connectivity index (χ1v) is 11.9. The Morgan fingerprint density at radius 1 is 1.12 bits per heavy atom.